The number of carbonyl (C=O) groups excluding carboxylic acids is 1. The van der Waals surface area contributed by atoms with Gasteiger partial charge in [0.05, 0.1) is 17.1 Å². The van der Waals surface area contributed by atoms with E-state index in [9.17, 15) is 20.0 Å². The number of anilines is 1. The molecule has 222 valence electrons. The Morgan fingerprint density at radius 1 is 0.864 bits per heavy atom. The summed E-state index contributed by atoms with van der Waals surface area (Å²) in [7, 11) is 0. The number of piperazine rings is 1. The fourth-order valence-corrected chi connectivity index (χ4v) is 5.23. The van der Waals surface area contributed by atoms with Crippen molar-refractivity contribution in [3.05, 3.63) is 124 Å². The summed E-state index contributed by atoms with van der Waals surface area (Å²) >= 11 is 0. The number of azo groups is 1. The zero-order valence-corrected chi connectivity index (χ0v) is 23.8. The first-order valence-electron chi connectivity index (χ1n) is 14.2. The normalized spacial score (nSPS) is 13.9. The van der Waals surface area contributed by atoms with E-state index in [1.807, 2.05) is 47.0 Å². The molecule has 0 bridgehead atoms. The van der Waals surface area contributed by atoms with Gasteiger partial charge in [0.15, 0.2) is 5.69 Å². The van der Waals surface area contributed by atoms with Crippen LogP contribution in [0.4, 0.5) is 17.1 Å². The summed E-state index contributed by atoms with van der Waals surface area (Å²) in [6.07, 6.45) is 0. The second kappa shape index (κ2) is 12.8. The molecular formula is C33H30N6O5. The monoisotopic (exact) mass is 590 g/mol. The summed E-state index contributed by atoms with van der Waals surface area (Å²) in [5, 5.41) is 30.8. The lowest BCUT2D eigenvalue weighted by Crippen LogP contribution is -2.46. The number of ether oxygens (including phenoxy) is 1. The van der Waals surface area contributed by atoms with E-state index in [-0.39, 0.29) is 23.9 Å². The second-order valence-corrected chi connectivity index (χ2v) is 10.4. The average molecular weight is 591 g/mol. The predicted molar refractivity (Wildman–Crippen MR) is 167 cm³/mol. The first-order chi connectivity index (χ1) is 21.5. The Labute approximate surface area is 253 Å². The van der Waals surface area contributed by atoms with Gasteiger partial charge in [-0.2, -0.15) is 0 Å². The molecule has 1 N–H and O–H groups in total. The molecule has 1 aliphatic rings. The summed E-state index contributed by atoms with van der Waals surface area (Å²) in [6.45, 7) is 4.14. The van der Waals surface area contributed by atoms with Crippen LogP contribution < -0.4 is 9.64 Å². The van der Waals surface area contributed by atoms with Gasteiger partial charge in [0.25, 0.3) is 11.6 Å². The average Bonchev–Trinajstić information content (AvgIpc) is 3.33. The van der Waals surface area contributed by atoms with Crippen molar-refractivity contribution in [2.75, 3.05) is 31.1 Å². The van der Waals surface area contributed by atoms with E-state index in [1.165, 1.54) is 17.8 Å². The number of fused-ring (bicyclic) bond motifs is 1. The highest BCUT2D eigenvalue weighted by Gasteiger charge is 2.22. The molecular weight excluding hydrogens is 560 g/mol. The molecule has 1 aromatic heterocycles. The van der Waals surface area contributed by atoms with Gasteiger partial charge >= 0.3 is 0 Å². The molecule has 0 unspecified atom stereocenters. The van der Waals surface area contributed by atoms with Gasteiger partial charge < -0.3 is 14.7 Å². The van der Waals surface area contributed by atoms with Crippen LogP contribution in [0.1, 0.15) is 15.9 Å². The topological polar surface area (TPSA) is 126 Å². The van der Waals surface area contributed by atoms with E-state index in [4.69, 9.17) is 4.74 Å². The molecule has 11 heteroatoms. The van der Waals surface area contributed by atoms with Crippen LogP contribution in [0.5, 0.6) is 11.6 Å². The van der Waals surface area contributed by atoms with Gasteiger partial charge in [0, 0.05) is 54.9 Å². The number of hydrogen-bond donors (Lipinski definition) is 1. The molecule has 5 aromatic rings. The lowest BCUT2D eigenvalue weighted by Gasteiger charge is -2.36. The van der Waals surface area contributed by atoms with Crippen LogP contribution in [0.3, 0.4) is 0 Å². The van der Waals surface area contributed by atoms with Crippen LogP contribution in [-0.2, 0) is 13.3 Å². The Morgan fingerprint density at radius 3 is 2.25 bits per heavy atom. The number of nitrogens with zero attached hydrogens (tertiary/aromatic N) is 6. The third-order valence-corrected chi connectivity index (χ3v) is 7.65. The minimum Gasteiger partial charge on any atom is -0.493 e. The molecule has 0 aliphatic carbocycles. The number of para-hydroxylation sites is 2. The summed E-state index contributed by atoms with van der Waals surface area (Å²) in [4.78, 5) is 27.9. The SMILES string of the molecule is O=C(N=Nc1c(O)n(CN2CCN(c3ccccc3)CC2)c2ccccc12)c1ccc(OCc2ccc([N+](=O)[O-])cc2)cc1. The first kappa shape index (κ1) is 28.6. The maximum absolute atomic E-state index is 12.9. The van der Waals surface area contributed by atoms with Gasteiger partial charge in [-0.25, -0.2) is 0 Å². The number of nitro benzene ring substituents is 1. The quantitative estimate of drug-likeness (QED) is 0.117. The Bertz CT molecular complexity index is 1800. The van der Waals surface area contributed by atoms with Crippen LogP contribution >= 0.6 is 0 Å². The highest BCUT2D eigenvalue weighted by Crippen LogP contribution is 2.39. The largest absolute Gasteiger partial charge is 0.493 e. The number of nitro groups is 1. The molecule has 1 fully saturated rings. The van der Waals surface area contributed by atoms with Crippen molar-refractivity contribution in [3.8, 4) is 11.6 Å². The summed E-state index contributed by atoms with van der Waals surface area (Å²) in [5.74, 6) is -0.0643. The smallest absolute Gasteiger partial charge is 0.295 e. The number of amides is 1. The molecule has 1 saturated heterocycles. The molecule has 0 atom stereocenters. The number of hydrogen-bond acceptors (Lipinski definition) is 8. The van der Waals surface area contributed by atoms with E-state index in [0.717, 1.165) is 37.3 Å². The Kier molecular flexibility index (Phi) is 8.28. The van der Waals surface area contributed by atoms with Crippen molar-refractivity contribution >= 4 is 33.9 Å². The van der Waals surface area contributed by atoms with E-state index in [0.29, 0.717) is 23.4 Å². The molecule has 1 amide bonds. The number of non-ortho nitro benzene ring substituents is 1. The Balaban J connectivity index is 1.11. The molecule has 0 saturated carbocycles. The van der Waals surface area contributed by atoms with Crippen molar-refractivity contribution in [3.63, 3.8) is 0 Å². The van der Waals surface area contributed by atoms with Gasteiger partial charge in [-0.15, -0.1) is 10.2 Å². The Morgan fingerprint density at radius 2 is 1.55 bits per heavy atom. The van der Waals surface area contributed by atoms with Crippen LogP contribution in [0, 0.1) is 10.1 Å². The fraction of sp³-hybridized carbons (Fsp3) is 0.182. The van der Waals surface area contributed by atoms with Crippen molar-refractivity contribution in [1.29, 1.82) is 0 Å². The van der Waals surface area contributed by atoms with Crippen molar-refractivity contribution < 1.29 is 19.6 Å². The summed E-state index contributed by atoms with van der Waals surface area (Å²) < 4.78 is 7.55. The number of aromatic nitrogens is 1. The Hall–Kier alpha value is -5.55. The lowest BCUT2D eigenvalue weighted by molar-refractivity contribution is -0.384. The van der Waals surface area contributed by atoms with Crippen molar-refractivity contribution in [2.45, 2.75) is 13.3 Å². The zero-order chi connectivity index (χ0) is 30.5. The summed E-state index contributed by atoms with van der Waals surface area (Å²) in [6, 6.07) is 30.5. The van der Waals surface area contributed by atoms with E-state index < -0.39 is 10.8 Å². The highest BCUT2D eigenvalue weighted by atomic mass is 16.6. The van der Waals surface area contributed by atoms with Crippen molar-refractivity contribution in [2.24, 2.45) is 10.2 Å². The van der Waals surface area contributed by atoms with Crippen LogP contribution in [0.15, 0.2) is 113 Å². The maximum atomic E-state index is 12.9. The lowest BCUT2D eigenvalue weighted by atomic mass is 10.2. The molecule has 44 heavy (non-hydrogen) atoms. The van der Waals surface area contributed by atoms with E-state index in [1.54, 1.807) is 36.4 Å². The molecule has 0 spiro atoms. The summed E-state index contributed by atoms with van der Waals surface area (Å²) in [5.41, 5.74) is 3.37. The number of aromatic hydroxyl groups is 1. The third-order valence-electron chi connectivity index (χ3n) is 7.65. The molecule has 11 nitrogen and oxygen atoms in total. The molecule has 4 aromatic carbocycles. The van der Waals surface area contributed by atoms with Gasteiger partial charge in [-0.1, -0.05) is 36.4 Å². The standard InChI is InChI=1S/C33H30N6O5/c40-32(25-12-16-28(17-13-25)44-22-24-10-14-27(15-11-24)39(42)43)35-34-31-29-8-4-5-9-30(29)38(33(31)41)23-36-18-20-37(21-19-36)26-6-2-1-3-7-26/h1-17,41H,18-23H2. The van der Waals surface area contributed by atoms with Gasteiger partial charge in [-0.05, 0) is 60.2 Å². The van der Waals surface area contributed by atoms with Gasteiger partial charge in [-0.3, -0.25) is 24.4 Å². The maximum Gasteiger partial charge on any atom is 0.295 e. The van der Waals surface area contributed by atoms with Crippen LogP contribution in [0.2, 0.25) is 0 Å². The van der Waals surface area contributed by atoms with E-state index in [2.05, 4.69) is 32.2 Å². The first-order valence-corrected chi connectivity index (χ1v) is 14.2. The van der Waals surface area contributed by atoms with Crippen LogP contribution in [0.25, 0.3) is 10.9 Å². The highest BCUT2D eigenvalue weighted by molar-refractivity contribution is 5.97. The molecule has 1 aliphatic heterocycles. The predicted octanol–water partition coefficient (Wildman–Crippen LogP) is 6.54. The van der Waals surface area contributed by atoms with Crippen LogP contribution in [-0.4, -0.2) is 51.6 Å². The molecule has 0 radical (unpaired) electrons. The molecule has 6 rings (SSSR count). The van der Waals surface area contributed by atoms with Crippen molar-refractivity contribution in [1.82, 2.24) is 9.47 Å². The second-order valence-electron chi connectivity index (χ2n) is 10.4. The fourth-order valence-electron chi connectivity index (χ4n) is 5.23. The third kappa shape index (κ3) is 6.27. The van der Waals surface area contributed by atoms with Gasteiger partial charge in [0.2, 0.25) is 5.88 Å². The molecule has 2 heterocycles. The van der Waals surface area contributed by atoms with E-state index >= 15 is 0 Å². The zero-order valence-electron chi connectivity index (χ0n) is 23.8. The minimum atomic E-state index is -0.555. The van der Waals surface area contributed by atoms with Gasteiger partial charge in [0.1, 0.15) is 12.4 Å². The number of benzene rings is 4. The number of carbonyl (C=O) groups is 1. The number of rotatable bonds is 9. The minimum absolute atomic E-state index is 0.0150.